The van der Waals surface area contributed by atoms with E-state index in [-0.39, 0.29) is 41.4 Å². The van der Waals surface area contributed by atoms with Crippen molar-refractivity contribution in [2.75, 3.05) is 10.2 Å². The van der Waals surface area contributed by atoms with E-state index in [9.17, 15) is 14.4 Å². The number of nitrogens with zero attached hydrogens (tertiary/aromatic N) is 1. The molecule has 2 bridgehead atoms. The number of anilines is 2. The molecule has 1 aliphatic heterocycles. The van der Waals surface area contributed by atoms with Gasteiger partial charge in [-0.1, -0.05) is 29.8 Å². The van der Waals surface area contributed by atoms with Crippen molar-refractivity contribution in [3.8, 4) is 0 Å². The second-order valence-electron chi connectivity index (χ2n) is 8.83. The van der Waals surface area contributed by atoms with Crippen molar-refractivity contribution in [2.45, 2.75) is 27.2 Å². The maximum absolute atomic E-state index is 13.3. The Morgan fingerprint density at radius 3 is 2.37 bits per heavy atom. The van der Waals surface area contributed by atoms with Crippen molar-refractivity contribution in [2.24, 2.45) is 23.7 Å². The molecule has 0 aromatic heterocycles. The number of imide groups is 1. The molecule has 152 valence electrons. The number of hydrogen-bond donors (Lipinski definition) is 1. The largest absolute Gasteiger partial charge is 0.322 e. The Morgan fingerprint density at radius 1 is 0.967 bits per heavy atom. The SMILES string of the molecule is CC1=C[C@@H]2C[C@@H]1[C@@H]1C(=O)N(c3ccccc3C(=O)Nc3cc(C)cc(C)c3)C(=O)[C@H]12. The summed E-state index contributed by atoms with van der Waals surface area (Å²) in [6.45, 7) is 6.00. The minimum atomic E-state index is -0.328. The first-order valence-corrected chi connectivity index (χ1v) is 10.4. The van der Waals surface area contributed by atoms with Gasteiger partial charge in [-0.15, -0.1) is 0 Å². The number of aryl methyl sites for hydroxylation is 2. The number of carbonyl (C=O) groups is 3. The van der Waals surface area contributed by atoms with Gasteiger partial charge in [0.25, 0.3) is 5.91 Å². The molecule has 1 heterocycles. The fraction of sp³-hybridized carbons (Fsp3) is 0.320. The average molecular weight is 400 g/mol. The molecule has 5 nitrogen and oxygen atoms in total. The zero-order valence-corrected chi connectivity index (χ0v) is 17.3. The van der Waals surface area contributed by atoms with E-state index in [1.807, 2.05) is 39.0 Å². The van der Waals surface area contributed by atoms with Crippen LogP contribution in [-0.2, 0) is 9.59 Å². The highest BCUT2D eigenvalue weighted by Gasteiger charge is 2.61. The second kappa shape index (κ2) is 6.66. The Labute approximate surface area is 175 Å². The normalized spacial score (nSPS) is 26.8. The van der Waals surface area contributed by atoms with Crippen LogP contribution in [0.2, 0.25) is 0 Å². The third-order valence-electron chi connectivity index (χ3n) is 6.75. The highest BCUT2D eigenvalue weighted by atomic mass is 16.2. The van der Waals surface area contributed by atoms with Crippen LogP contribution in [0.5, 0.6) is 0 Å². The lowest BCUT2D eigenvalue weighted by Crippen LogP contribution is -2.34. The zero-order chi connectivity index (χ0) is 21.2. The number of benzene rings is 2. The molecular formula is C25H24N2O3. The number of amides is 3. The van der Waals surface area contributed by atoms with Gasteiger partial charge < -0.3 is 5.32 Å². The van der Waals surface area contributed by atoms with Crippen molar-refractivity contribution in [3.05, 3.63) is 70.8 Å². The van der Waals surface area contributed by atoms with Gasteiger partial charge >= 0.3 is 0 Å². The molecule has 1 N–H and O–H groups in total. The summed E-state index contributed by atoms with van der Waals surface area (Å²) in [6.07, 6.45) is 3.04. The van der Waals surface area contributed by atoms with E-state index in [2.05, 4.69) is 11.4 Å². The van der Waals surface area contributed by atoms with E-state index in [0.717, 1.165) is 17.5 Å². The number of fused-ring (bicyclic) bond motifs is 5. The summed E-state index contributed by atoms with van der Waals surface area (Å²) in [5.41, 5.74) is 4.71. The number of hydrogen-bond acceptors (Lipinski definition) is 3. The third kappa shape index (κ3) is 2.72. The van der Waals surface area contributed by atoms with Crippen molar-refractivity contribution in [3.63, 3.8) is 0 Å². The summed E-state index contributed by atoms with van der Waals surface area (Å²) in [6, 6.07) is 12.7. The van der Waals surface area contributed by atoms with Crippen LogP contribution in [0, 0.1) is 37.5 Å². The molecule has 0 unspecified atom stereocenters. The molecule has 30 heavy (non-hydrogen) atoms. The lowest BCUT2D eigenvalue weighted by molar-refractivity contribution is -0.123. The third-order valence-corrected chi connectivity index (χ3v) is 6.75. The first kappa shape index (κ1) is 18.8. The summed E-state index contributed by atoms with van der Waals surface area (Å²) >= 11 is 0. The van der Waals surface area contributed by atoms with E-state index in [1.54, 1.807) is 24.3 Å². The first-order valence-electron chi connectivity index (χ1n) is 10.4. The Bertz CT molecular complexity index is 1110. The second-order valence-corrected chi connectivity index (χ2v) is 8.83. The quantitative estimate of drug-likeness (QED) is 0.618. The maximum atomic E-state index is 13.3. The van der Waals surface area contributed by atoms with Gasteiger partial charge in [-0.05, 0) is 74.4 Å². The van der Waals surface area contributed by atoms with E-state index < -0.39 is 0 Å². The predicted molar refractivity (Wildman–Crippen MR) is 115 cm³/mol. The van der Waals surface area contributed by atoms with Crippen LogP contribution >= 0.6 is 0 Å². The summed E-state index contributed by atoms with van der Waals surface area (Å²) < 4.78 is 0. The fourth-order valence-corrected chi connectivity index (χ4v) is 5.62. The van der Waals surface area contributed by atoms with Gasteiger partial charge in [-0.2, -0.15) is 0 Å². The molecule has 2 fully saturated rings. The van der Waals surface area contributed by atoms with Crippen LogP contribution < -0.4 is 10.2 Å². The number of nitrogens with one attached hydrogen (secondary N) is 1. The number of para-hydroxylation sites is 1. The summed E-state index contributed by atoms with van der Waals surface area (Å²) in [5, 5.41) is 2.92. The molecule has 2 aromatic rings. The Morgan fingerprint density at radius 2 is 1.63 bits per heavy atom. The molecule has 1 saturated heterocycles. The topological polar surface area (TPSA) is 66.5 Å². The molecule has 3 aliphatic rings. The minimum absolute atomic E-state index is 0.137. The van der Waals surface area contributed by atoms with Crippen LogP contribution in [0.15, 0.2) is 54.1 Å². The van der Waals surface area contributed by atoms with E-state index >= 15 is 0 Å². The summed E-state index contributed by atoms with van der Waals surface area (Å²) in [7, 11) is 0. The smallest absolute Gasteiger partial charge is 0.257 e. The average Bonchev–Trinajstić information content (AvgIpc) is 3.31. The van der Waals surface area contributed by atoms with Crippen LogP contribution in [0.4, 0.5) is 11.4 Å². The van der Waals surface area contributed by atoms with E-state index in [1.165, 1.54) is 10.5 Å². The first-order chi connectivity index (χ1) is 14.3. The Kier molecular flexibility index (Phi) is 4.17. The lowest BCUT2D eigenvalue weighted by Gasteiger charge is -2.20. The fourth-order valence-electron chi connectivity index (χ4n) is 5.62. The molecule has 0 radical (unpaired) electrons. The van der Waals surface area contributed by atoms with Crippen molar-refractivity contribution >= 4 is 29.1 Å². The molecule has 3 amide bonds. The Balaban J connectivity index is 1.48. The van der Waals surface area contributed by atoms with Gasteiger partial charge in [0.2, 0.25) is 11.8 Å². The molecule has 0 spiro atoms. The van der Waals surface area contributed by atoms with Gasteiger partial charge in [0.15, 0.2) is 0 Å². The highest BCUT2D eigenvalue weighted by molar-refractivity contribution is 6.25. The lowest BCUT2D eigenvalue weighted by atomic mass is 9.82. The molecule has 2 aliphatic carbocycles. The van der Waals surface area contributed by atoms with Crippen LogP contribution in [0.25, 0.3) is 0 Å². The summed E-state index contributed by atoms with van der Waals surface area (Å²) in [4.78, 5) is 40.9. The molecule has 1 saturated carbocycles. The molecule has 4 atom stereocenters. The standard InChI is InChI=1S/C25H24N2O3/c1-13-8-14(2)10-17(9-13)26-23(28)18-6-4-5-7-20(18)27-24(29)21-16-11-15(3)19(12-16)22(21)25(27)30/h4-11,16,19,21-22H,12H2,1-3H3,(H,26,28)/t16-,19+,21+,22+/m1/s1. The van der Waals surface area contributed by atoms with E-state index in [4.69, 9.17) is 0 Å². The zero-order valence-electron chi connectivity index (χ0n) is 17.3. The maximum Gasteiger partial charge on any atom is 0.257 e. The van der Waals surface area contributed by atoms with Crippen LogP contribution in [0.1, 0.15) is 34.8 Å². The van der Waals surface area contributed by atoms with Gasteiger partial charge in [0, 0.05) is 5.69 Å². The van der Waals surface area contributed by atoms with Gasteiger partial charge in [0.05, 0.1) is 23.1 Å². The monoisotopic (exact) mass is 400 g/mol. The molecule has 5 heteroatoms. The number of allylic oxidation sites excluding steroid dienone is 2. The molecule has 5 rings (SSSR count). The Hall–Kier alpha value is -3.21. The molecule has 2 aromatic carbocycles. The van der Waals surface area contributed by atoms with Gasteiger partial charge in [-0.3, -0.25) is 14.4 Å². The van der Waals surface area contributed by atoms with Gasteiger partial charge in [-0.25, -0.2) is 4.90 Å². The minimum Gasteiger partial charge on any atom is -0.322 e. The highest BCUT2D eigenvalue weighted by Crippen LogP contribution is 2.56. The van der Waals surface area contributed by atoms with Crippen LogP contribution in [0.3, 0.4) is 0 Å². The van der Waals surface area contributed by atoms with Crippen molar-refractivity contribution in [1.29, 1.82) is 0 Å². The van der Waals surface area contributed by atoms with Crippen molar-refractivity contribution in [1.82, 2.24) is 0 Å². The number of carbonyl (C=O) groups excluding carboxylic acids is 3. The number of rotatable bonds is 3. The van der Waals surface area contributed by atoms with Gasteiger partial charge in [0.1, 0.15) is 0 Å². The predicted octanol–water partition coefficient (Wildman–Crippen LogP) is 4.26. The van der Waals surface area contributed by atoms with Crippen LogP contribution in [-0.4, -0.2) is 17.7 Å². The van der Waals surface area contributed by atoms with E-state index in [0.29, 0.717) is 16.9 Å². The van der Waals surface area contributed by atoms with Crippen molar-refractivity contribution < 1.29 is 14.4 Å². The summed E-state index contributed by atoms with van der Waals surface area (Å²) in [5.74, 6) is -0.963. The molecular weight excluding hydrogens is 376 g/mol.